The highest BCUT2D eigenvalue weighted by Gasteiger charge is 2.21. The molecule has 0 radical (unpaired) electrons. The lowest BCUT2D eigenvalue weighted by molar-refractivity contribution is -0.137. The van der Waals surface area contributed by atoms with Crippen LogP contribution in [-0.4, -0.2) is 23.5 Å². The van der Waals surface area contributed by atoms with E-state index in [0.717, 1.165) is 27.5 Å². The van der Waals surface area contributed by atoms with Crippen molar-refractivity contribution in [2.24, 2.45) is 11.7 Å². The van der Waals surface area contributed by atoms with Crippen LogP contribution in [-0.2, 0) is 16.0 Å². The van der Waals surface area contributed by atoms with Gasteiger partial charge in [-0.05, 0) is 64.2 Å². The van der Waals surface area contributed by atoms with Crippen molar-refractivity contribution in [2.45, 2.75) is 26.7 Å². The number of carboxylic acids is 1. The van der Waals surface area contributed by atoms with E-state index in [-0.39, 0.29) is 30.4 Å². The SMILES string of the molecule is CC(C)C(=O)/C(COc1ccc2cc(-c3ccc(CCC(=O)O)cc3)ccc2c1)=C(\N)c1c(Cl)cccc1Cl. The molecule has 4 rings (SSSR count). The Kier molecular flexibility index (Phi) is 8.95. The first-order valence-electron chi connectivity index (χ1n) is 12.6. The third-order valence-electron chi connectivity index (χ3n) is 6.49. The van der Waals surface area contributed by atoms with Gasteiger partial charge in [-0.1, -0.05) is 85.6 Å². The summed E-state index contributed by atoms with van der Waals surface area (Å²) in [6.45, 7) is 3.59. The van der Waals surface area contributed by atoms with Crippen molar-refractivity contribution in [3.8, 4) is 16.9 Å². The molecule has 39 heavy (non-hydrogen) atoms. The Hall–Kier alpha value is -3.80. The van der Waals surface area contributed by atoms with E-state index in [0.29, 0.717) is 33.4 Å². The molecule has 200 valence electrons. The standard InChI is InChI=1S/C32H29Cl2NO4/c1-19(2)32(38)26(31(35)30-27(33)4-3-5-28(30)34)18-39-25-14-13-23-16-22(11-12-24(23)17-25)21-9-6-20(7-10-21)8-15-29(36)37/h3-7,9-14,16-17,19H,8,15,18,35H2,1-2H3,(H,36,37)/b31-26-. The van der Waals surface area contributed by atoms with Gasteiger partial charge in [0.05, 0.1) is 21.3 Å². The molecule has 0 saturated carbocycles. The summed E-state index contributed by atoms with van der Waals surface area (Å²) >= 11 is 12.7. The fourth-order valence-electron chi connectivity index (χ4n) is 4.30. The van der Waals surface area contributed by atoms with Crippen molar-refractivity contribution in [3.05, 3.63) is 106 Å². The smallest absolute Gasteiger partial charge is 0.303 e. The summed E-state index contributed by atoms with van der Waals surface area (Å²) in [6.07, 6.45) is 0.621. The number of rotatable bonds is 10. The molecule has 5 nitrogen and oxygen atoms in total. The number of Topliss-reactive ketones (excluding diaryl/α,β-unsaturated/α-hetero) is 1. The summed E-state index contributed by atoms with van der Waals surface area (Å²) in [6, 6.07) is 24.9. The Morgan fingerprint density at radius 1 is 0.872 bits per heavy atom. The van der Waals surface area contributed by atoms with Crippen molar-refractivity contribution in [1.82, 2.24) is 0 Å². The molecular weight excluding hydrogens is 533 g/mol. The Bertz CT molecular complexity index is 1540. The molecule has 0 unspecified atom stereocenters. The van der Waals surface area contributed by atoms with Crippen LogP contribution in [0.5, 0.6) is 5.75 Å². The summed E-state index contributed by atoms with van der Waals surface area (Å²) in [7, 11) is 0. The third-order valence-corrected chi connectivity index (χ3v) is 7.12. The first-order chi connectivity index (χ1) is 18.6. The van der Waals surface area contributed by atoms with E-state index >= 15 is 0 Å². The number of carboxylic acid groups (broad SMARTS) is 1. The van der Waals surface area contributed by atoms with Gasteiger partial charge in [-0.15, -0.1) is 0 Å². The Morgan fingerprint density at radius 2 is 1.49 bits per heavy atom. The molecule has 0 aliphatic carbocycles. The molecule has 0 aliphatic heterocycles. The highest BCUT2D eigenvalue weighted by Crippen LogP contribution is 2.32. The van der Waals surface area contributed by atoms with Crippen LogP contribution in [0.1, 0.15) is 31.4 Å². The number of aryl methyl sites for hydroxylation is 1. The van der Waals surface area contributed by atoms with Gasteiger partial charge in [0.15, 0.2) is 5.78 Å². The van der Waals surface area contributed by atoms with Gasteiger partial charge in [-0.3, -0.25) is 9.59 Å². The predicted molar refractivity (Wildman–Crippen MR) is 158 cm³/mol. The van der Waals surface area contributed by atoms with E-state index in [2.05, 4.69) is 6.07 Å². The van der Waals surface area contributed by atoms with E-state index in [1.54, 1.807) is 32.0 Å². The fraction of sp³-hybridized carbons (Fsp3) is 0.188. The minimum atomic E-state index is -0.802. The van der Waals surface area contributed by atoms with Crippen molar-refractivity contribution in [2.75, 3.05) is 6.61 Å². The van der Waals surface area contributed by atoms with E-state index in [1.807, 2.05) is 54.6 Å². The number of nitrogens with two attached hydrogens (primary N) is 1. The number of ether oxygens (including phenoxy) is 1. The van der Waals surface area contributed by atoms with Crippen LogP contribution in [0.2, 0.25) is 10.0 Å². The monoisotopic (exact) mass is 561 g/mol. The summed E-state index contributed by atoms with van der Waals surface area (Å²) in [5.74, 6) is -0.623. The van der Waals surface area contributed by atoms with Gasteiger partial charge in [0, 0.05) is 17.9 Å². The number of aliphatic carboxylic acids is 1. The average molecular weight is 562 g/mol. The largest absolute Gasteiger partial charge is 0.489 e. The van der Waals surface area contributed by atoms with Crippen LogP contribution < -0.4 is 10.5 Å². The molecule has 4 aromatic carbocycles. The van der Waals surface area contributed by atoms with Crippen molar-refractivity contribution >= 4 is 51.4 Å². The van der Waals surface area contributed by atoms with E-state index in [1.165, 1.54) is 0 Å². The molecule has 0 bridgehead atoms. The Labute approximate surface area is 237 Å². The normalized spacial score (nSPS) is 11.9. The summed E-state index contributed by atoms with van der Waals surface area (Å²) < 4.78 is 6.05. The molecule has 0 aromatic heterocycles. The lowest BCUT2D eigenvalue weighted by Crippen LogP contribution is -2.21. The lowest BCUT2D eigenvalue weighted by atomic mass is 9.97. The highest BCUT2D eigenvalue weighted by atomic mass is 35.5. The zero-order chi connectivity index (χ0) is 28.1. The summed E-state index contributed by atoms with van der Waals surface area (Å²) in [4.78, 5) is 23.9. The first-order valence-corrected chi connectivity index (χ1v) is 13.3. The molecular formula is C32H29Cl2NO4. The Balaban J connectivity index is 1.56. The maximum Gasteiger partial charge on any atom is 0.303 e. The van der Waals surface area contributed by atoms with Crippen LogP contribution in [0.25, 0.3) is 27.6 Å². The van der Waals surface area contributed by atoms with Crippen LogP contribution >= 0.6 is 23.2 Å². The van der Waals surface area contributed by atoms with Gasteiger partial charge in [0.1, 0.15) is 12.4 Å². The van der Waals surface area contributed by atoms with Gasteiger partial charge in [-0.25, -0.2) is 0 Å². The maximum atomic E-state index is 13.0. The third kappa shape index (κ3) is 6.80. The molecule has 0 saturated heterocycles. The lowest BCUT2D eigenvalue weighted by Gasteiger charge is -2.16. The van der Waals surface area contributed by atoms with Gasteiger partial charge >= 0.3 is 5.97 Å². The number of hydrogen-bond acceptors (Lipinski definition) is 4. The molecule has 0 fully saturated rings. The summed E-state index contributed by atoms with van der Waals surface area (Å²) in [5, 5.41) is 11.6. The number of benzene rings is 4. The number of carbonyl (C=O) groups is 2. The topological polar surface area (TPSA) is 89.6 Å². The number of fused-ring (bicyclic) bond motifs is 1. The molecule has 7 heteroatoms. The summed E-state index contributed by atoms with van der Waals surface area (Å²) in [5.41, 5.74) is 10.5. The molecule has 3 N–H and O–H groups in total. The van der Waals surface area contributed by atoms with E-state index in [4.69, 9.17) is 38.8 Å². The minimum Gasteiger partial charge on any atom is -0.489 e. The van der Waals surface area contributed by atoms with Crippen molar-refractivity contribution < 1.29 is 19.4 Å². The molecule has 0 aliphatic rings. The van der Waals surface area contributed by atoms with Gasteiger partial charge < -0.3 is 15.6 Å². The minimum absolute atomic E-state index is 0.0256. The van der Waals surface area contributed by atoms with Gasteiger partial charge in [-0.2, -0.15) is 0 Å². The van der Waals surface area contributed by atoms with Gasteiger partial charge in [0.2, 0.25) is 0 Å². The second-order valence-electron chi connectivity index (χ2n) is 9.61. The van der Waals surface area contributed by atoms with E-state index in [9.17, 15) is 9.59 Å². The quantitative estimate of drug-likeness (QED) is 0.193. The van der Waals surface area contributed by atoms with Crippen molar-refractivity contribution in [1.29, 1.82) is 0 Å². The second-order valence-corrected chi connectivity index (χ2v) is 10.4. The Morgan fingerprint density at radius 3 is 2.13 bits per heavy atom. The predicted octanol–water partition coefficient (Wildman–Crippen LogP) is 7.80. The average Bonchev–Trinajstić information content (AvgIpc) is 2.91. The number of carbonyl (C=O) groups excluding carboxylic acids is 1. The van der Waals surface area contributed by atoms with Crippen molar-refractivity contribution in [3.63, 3.8) is 0 Å². The van der Waals surface area contributed by atoms with E-state index < -0.39 is 5.97 Å². The number of ketones is 1. The molecule has 0 atom stereocenters. The first kappa shape index (κ1) is 28.2. The highest BCUT2D eigenvalue weighted by molar-refractivity contribution is 6.37. The molecule has 0 amide bonds. The maximum absolute atomic E-state index is 13.0. The van der Waals surface area contributed by atoms with Gasteiger partial charge in [0.25, 0.3) is 0 Å². The van der Waals surface area contributed by atoms with Crippen LogP contribution in [0.4, 0.5) is 0 Å². The fourth-order valence-corrected chi connectivity index (χ4v) is 4.90. The number of hydrogen-bond donors (Lipinski definition) is 2. The molecule has 4 aromatic rings. The number of halogens is 2. The van der Waals surface area contributed by atoms with Crippen LogP contribution in [0.3, 0.4) is 0 Å². The zero-order valence-electron chi connectivity index (χ0n) is 21.7. The molecule has 0 heterocycles. The second kappa shape index (κ2) is 12.4. The van der Waals surface area contributed by atoms with Crippen LogP contribution in [0, 0.1) is 5.92 Å². The zero-order valence-corrected chi connectivity index (χ0v) is 23.2. The van der Waals surface area contributed by atoms with Crippen LogP contribution in [0.15, 0.2) is 84.4 Å². The molecule has 0 spiro atoms.